The third-order valence-electron chi connectivity index (χ3n) is 11.3. The number of fused-ring (bicyclic) bond motifs is 3. The maximum atomic E-state index is 14.7. The van der Waals surface area contributed by atoms with Crippen molar-refractivity contribution < 1.29 is 41.8 Å². The van der Waals surface area contributed by atoms with Crippen molar-refractivity contribution in [3.05, 3.63) is 53.9 Å². The van der Waals surface area contributed by atoms with Crippen LogP contribution in [0.1, 0.15) is 94.6 Å². The monoisotopic (exact) mass is 819 g/mol. The molecule has 2 aliphatic heterocycles. The number of rotatable bonds is 11. The molecule has 3 aromatic rings. The van der Waals surface area contributed by atoms with Crippen molar-refractivity contribution in [1.82, 2.24) is 35.0 Å². The zero-order valence-electron chi connectivity index (χ0n) is 33.7. The molecule has 0 spiro atoms. The van der Waals surface area contributed by atoms with Gasteiger partial charge in [0.2, 0.25) is 27.7 Å². The van der Waals surface area contributed by atoms with E-state index in [9.17, 15) is 27.6 Å². The third kappa shape index (κ3) is 8.64. The average Bonchev–Trinajstić information content (AvgIpc) is 4.06. The highest BCUT2D eigenvalue weighted by molar-refractivity contribution is 7.91. The van der Waals surface area contributed by atoms with Crippen LogP contribution in [0.4, 0.5) is 0 Å². The predicted molar refractivity (Wildman–Crippen MR) is 214 cm³/mol. The molecular weight excluding hydrogens is 767 g/mol. The number of amides is 4. The van der Waals surface area contributed by atoms with Crippen LogP contribution in [0, 0.1) is 12.8 Å². The van der Waals surface area contributed by atoms with Gasteiger partial charge in [-0.2, -0.15) is 5.10 Å². The van der Waals surface area contributed by atoms with E-state index in [0.29, 0.717) is 66.9 Å². The second-order valence-corrected chi connectivity index (χ2v) is 18.0. The fourth-order valence-electron chi connectivity index (χ4n) is 7.90. The van der Waals surface area contributed by atoms with Crippen molar-refractivity contribution in [2.75, 3.05) is 13.7 Å². The second-order valence-electron chi connectivity index (χ2n) is 16.0. The molecule has 3 fully saturated rings. The summed E-state index contributed by atoms with van der Waals surface area (Å²) in [5, 5.41) is 10.2. The quantitative estimate of drug-likeness (QED) is 0.238. The molecule has 4 heterocycles. The van der Waals surface area contributed by atoms with E-state index in [-0.39, 0.29) is 31.2 Å². The van der Waals surface area contributed by atoms with Gasteiger partial charge in [0.15, 0.2) is 0 Å². The van der Waals surface area contributed by atoms with Crippen LogP contribution in [0.15, 0.2) is 42.6 Å². The molecule has 16 nitrogen and oxygen atoms in total. The normalized spacial score (nSPS) is 25.8. The van der Waals surface area contributed by atoms with Crippen molar-refractivity contribution >= 4 is 44.6 Å². The molecule has 312 valence electrons. The molecule has 1 aromatic carbocycles. The summed E-state index contributed by atoms with van der Waals surface area (Å²) in [6.45, 7) is 8.10. The summed E-state index contributed by atoms with van der Waals surface area (Å²) < 4.78 is 47.9. The molecule has 7 rings (SSSR count). The fourth-order valence-corrected chi connectivity index (χ4v) is 9.26. The van der Waals surface area contributed by atoms with Crippen molar-refractivity contribution in [3.8, 4) is 17.4 Å². The van der Waals surface area contributed by atoms with Gasteiger partial charge >= 0.3 is 0 Å². The van der Waals surface area contributed by atoms with Gasteiger partial charge in [-0.15, -0.1) is 0 Å². The number of pyridine rings is 1. The third-order valence-corrected chi connectivity index (χ3v) is 13.2. The summed E-state index contributed by atoms with van der Waals surface area (Å²) in [4.78, 5) is 62.8. The molecule has 4 amide bonds. The van der Waals surface area contributed by atoms with Gasteiger partial charge in [-0.25, -0.2) is 13.4 Å². The van der Waals surface area contributed by atoms with Gasteiger partial charge < -0.3 is 29.7 Å². The zero-order chi connectivity index (χ0) is 41.4. The Morgan fingerprint density at radius 2 is 1.88 bits per heavy atom. The molecule has 2 aromatic heterocycles. The van der Waals surface area contributed by atoms with Crippen LogP contribution >= 0.6 is 0 Å². The Morgan fingerprint density at radius 1 is 1.09 bits per heavy atom. The molecular formula is C41H53N7O9S. The Labute approximate surface area is 338 Å². The number of nitrogens with zero attached hydrogens (tertiary/aromatic N) is 4. The average molecular weight is 820 g/mol. The minimum atomic E-state index is -3.91. The maximum absolute atomic E-state index is 14.7. The summed E-state index contributed by atoms with van der Waals surface area (Å²) in [5.41, 5.74) is 0.0212. The van der Waals surface area contributed by atoms with Gasteiger partial charge in [0.1, 0.15) is 40.9 Å². The van der Waals surface area contributed by atoms with Gasteiger partial charge in [0.25, 0.3) is 11.8 Å². The molecule has 2 aliphatic carbocycles. The largest absolute Gasteiger partial charge is 0.496 e. The fraction of sp³-hybridized carbons (Fsp3) is 0.561. The van der Waals surface area contributed by atoms with Crippen LogP contribution in [0.25, 0.3) is 10.9 Å². The van der Waals surface area contributed by atoms with Crippen molar-refractivity contribution in [2.24, 2.45) is 5.92 Å². The number of carbonyl (C=O) groups excluding carboxylic acids is 4. The molecule has 17 heteroatoms. The molecule has 1 saturated heterocycles. The van der Waals surface area contributed by atoms with Crippen LogP contribution < -0.4 is 29.6 Å². The molecule has 4 aliphatic rings. The summed E-state index contributed by atoms with van der Waals surface area (Å²) in [6, 6.07) is 4.80. The van der Waals surface area contributed by atoms with Gasteiger partial charge in [-0.1, -0.05) is 25.0 Å². The number of methoxy groups -OCH3 is 1. The van der Waals surface area contributed by atoms with Crippen LogP contribution in [0.5, 0.6) is 17.4 Å². The summed E-state index contributed by atoms with van der Waals surface area (Å²) in [7, 11) is -2.33. The Bertz CT molecular complexity index is 2220. The number of allylic oxidation sites excluding steroid dienone is 1. The predicted octanol–water partition coefficient (Wildman–Crippen LogP) is 3.71. The van der Waals surface area contributed by atoms with Gasteiger partial charge in [-0.05, 0) is 84.4 Å². The SMILES string of the molecule is CCn1ccc(C(=O)N[C@H]2CCCCC/C=C\[C@@H]3C[C@@]3(C(=O)NS(=O)(=O)C3CC3)NC(=O)[C@@H]3C[C@@H](Oc4cc(OC(C)C)nc5c(C)c(OC)ccc45)CN3C2=O)n1. The van der Waals surface area contributed by atoms with E-state index in [4.69, 9.17) is 19.2 Å². The van der Waals surface area contributed by atoms with E-state index in [0.717, 1.165) is 18.4 Å². The second kappa shape index (κ2) is 16.6. The first-order chi connectivity index (χ1) is 27.7. The highest BCUT2D eigenvalue weighted by atomic mass is 32.2. The Balaban J connectivity index is 1.23. The van der Waals surface area contributed by atoms with Gasteiger partial charge in [0.05, 0.1) is 30.5 Å². The Hall–Kier alpha value is -5.19. The first kappa shape index (κ1) is 41.0. The van der Waals surface area contributed by atoms with Crippen molar-refractivity contribution in [3.63, 3.8) is 0 Å². The highest BCUT2D eigenvalue weighted by Crippen LogP contribution is 2.46. The number of carbonyl (C=O) groups is 4. The molecule has 0 radical (unpaired) electrons. The lowest BCUT2D eigenvalue weighted by molar-refractivity contribution is -0.141. The van der Waals surface area contributed by atoms with Gasteiger partial charge in [-0.3, -0.25) is 28.6 Å². The Morgan fingerprint density at radius 3 is 2.59 bits per heavy atom. The van der Waals surface area contributed by atoms with Gasteiger partial charge in [0, 0.05) is 42.1 Å². The number of hydrogen-bond donors (Lipinski definition) is 3. The van der Waals surface area contributed by atoms with Crippen LogP contribution in [-0.4, -0.2) is 100 Å². The lowest BCUT2D eigenvalue weighted by Crippen LogP contribution is -2.58. The Kier molecular flexibility index (Phi) is 11.7. The maximum Gasteiger partial charge on any atom is 0.272 e. The molecule has 2 saturated carbocycles. The summed E-state index contributed by atoms with van der Waals surface area (Å²) in [5.74, 6) is -1.46. The summed E-state index contributed by atoms with van der Waals surface area (Å²) in [6.07, 6.45) is 8.96. The number of hydrogen-bond acceptors (Lipinski definition) is 11. The molecule has 3 N–H and O–H groups in total. The molecule has 0 unspecified atom stereocenters. The minimum Gasteiger partial charge on any atom is -0.496 e. The number of sulfonamides is 1. The smallest absolute Gasteiger partial charge is 0.272 e. The van der Waals surface area contributed by atoms with E-state index in [1.54, 1.807) is 30.1 Å². The first-order valence-electron chi connectivity index (χ1n) is 20.2. The van der Waals surface area contributed by atoms with E-state index in [1.807, 2.05) is 52.0 Å². The highest BCUT2D eigenvalue weighted by Gasteiger charge is 2.62. The molecule has 58 heavy (non-hydrogen) atoms. The molecule has 0 bridgehead atoms. The number of aryl methyl sites for hydroxylation is 2. The lowest BCUT2D eigenvalue weighted by Gasteiger charge is -2.29. The van der Waals surface area contributed by atoms with Crippen molar-refractivity contribution in [1.29, 1.82) is 0 Å². The number of benzene rings is 1. The van der Waals surface area contributed by atoms with Crippen LogP contribution in [0.2, 0.25) is 0 Å². The van der Waals surface area contributed by atoms with E-state index < -0.39 is 68.5 Å². The van der Waals surface area contributed by atoms with E-state index in [1.165, 1.54) is 4.90 Å². The van der Waals surface area contributed by atoms with Crippen LogP contribution in [0.3, 0.4) is 0 Å². The zero-order valence-corrected chi connectivity index (χ0v) is 34.5. The topological polar surface area (TPSA) is 200 Å². The van der Waals surface area contributed by atoms with Crippen LogP contribution in [-0.2, 0) is 31.0 Å². The first-order valence-corrected chi connectivity index (χ1v) is 21.8. The minimum absolute atomic E-state index is 0.0222. The number of aromatic nitrogens is 3. The van der Waals surface area contributed by atoms with E-state index in [2.05, 4.69) is 20.5 Å². The lowest BCUT2D eigenvalue weighted by atomic mass is 10.0. The number of ether oxygens (including phenoxy) is 3. The molecule has 5 atom stereocenters. The number of nitrogens with one attached hydrogen (secondary N) is 3. The standard InChI is InChI=1S/C41H53N7O9S/c1-6-47-19-18-30(45-47)37(49)42-31-13-11-9-7-8-10-12-26-22-41(26,40(52)46-58(53,54)28-14-15-28)44-38(50)32-20-27(23-48(32)39(31)51)57-34-21-35(56-24(2)3)43-36-25(4)33(55-5)17-16-29(34)36/h10,12,16-19,21,24,26-28,31-32H,6-9,11,13-15,20,22-23H2,1-5H3,(H,42,49)(H,44,50)(H,46,52)/b12-10-/t26-,27-,31+,32+,41-/m1/s1. The summed E-state index contributed by atoms with van der Waals surface area (Å²) >= 11 is 0. The van der Waals surface area contributed by atoms with Crippen molar-refractivity contribution in [2.45, 2.75) is 127 Å². The van der Waals surface area contributed by atoms with E-state index >= 15 is 0 Å².